The zero-order valence-electron chi connectivity index (χ0n) is 10.8. The molecule has 2 heterocycles. The van der Waals surface area contributed by atoms with Crippen LogP contribution in [0.25, 0.3) is 0 Å². The number of rotatable bonds is 3. The Hall–Kier alpha value is -0.980. The van der Waals surface area contributed by atoms with E-state index >= 15 is 0 Å². The first-order chi connectivity index (χ1) is 8.54. The Kier molecular flexibility index (Phi) is 3.99. The van der Waals surface area contributed by atoms with E-state index < -0.39 is 10.0 Å². The van der Waals surface area contributed by atoms with Crippen LogP contribution in [0.1, 0.15) is 18.4 Å². The molecule has 0 bridgehead atoms. The van der Waals surface area contributed by atoms with Crippen molar-refractivity contribution < 1.29 is 8.42 Å². The van der Waals surface area contributed by atoms with Gasteiger partial charge in [-0.15, -0.1) is 0 Å². The van der Waals surface area contributed by atoms with Crippen LogP contribution in [0.15, 0.2) is 23.4 Å². The molecule has 1 saturated heterocycles. The van der Waals surface area contributed by atoms with Gasteiger partial charge in [0, 0.05) is 25.3 Å². The Labute approximate surface area is 108 Å². The monoisotopic (exact) mass is 269 g/mol. The second kappa shape index (κ2) is 5.34. The number of aromatic nitrogens is 1. The van der Waals surface area contributed by atoms with Crippen LogP contribution in [0.2, 0.25) is 0 Å². The highest BCUT2D eigenvalue weighted by Gasteiger charge is 2.30. The van der Waals surface area contributed by atoms with Gasteiger partial charge >= 0.3 is 0 Å². The summed E-state index contributed by atoms with van der Waals surface area (Å²) in [4.78, 5) is 3.99. The molecule has 5 nitrogen and oxygen atoms in total. The first-order valence-electron chi connectivity index (χ1n) is 6.14. The molecule has 2 rings (SSSR count). The second-order valence-electron chi connectivity index (χ2n) is 4.66. The smallest absolute Gasteiger partial charge is 0.260 e. The van der Waals surface area contributed by atoms with E-state index in [1.165, 1.54) is 4.31 Å². The summed E-state index contributed by atoms with van der Waals surface area (Å²) in [5.74, 6) is 0. The standard InChI is InChI=1S/C12H19N3O2S/c1-10-5-6-14-12(8-10)18(16,17)15-7-3-4-11(9-15)13-2/h5-6,8,11,13H,3-4,7,9H2,1-2H3. The molecule has 0 spiro atoms. The van der Waals surface area contributed by atoms with Crippen LogP contribution in [0.3, 0.4) is 0 Å². The molecule has 0 amide bonds. The molecule has 0 aliphatic carbocycles. The summed E-state index contributed by atoms with van der Waals surface area (Å²) in [7, 11) is -1.58. The van der Waals surface area contributed by atoms with Gasteiger partial charge < -0.3 is 5.32 Å². The topological polar surface area (TPSA) is 62.3 Å². The van der Waals surface area contributed by atoms with E-state index in [4.69, 9.17) is 0 Å². The zero-order valence-corrected chi connectivity index (χ0v) is 11.6. The molecule has 1 fully saturated rings. The first-order valence-corrected chi connectivity index (χ1v) is 7.58. The van der Waals surface area contributed by atoms with E-state index in [0.29, 0.717) is 13.1 Å². The SMILES string of the molecule is CNC1CCCN(S(=O)(=O)c2cc(C)ccn2)C1. The van der Waals surface area contributed by atoms with Crippen LogP contribution in [-0.2, 0) is 10.0 Å². The second-order valence-corrected chi connectivity index (χ2v) is 6.55. The predicted octanol–water partition coefficient (Wildman–Crippen LogP) is 0.763. The largest absolute Gasteiger partial charge is 0.316 e. The van der Waals surface area contributed by atoms with Gasteiger partial charge in [-0.2, -0.15) is 4.31 Å². The molecule has 1 aromatic heterocycles. The molecular weight excluding hydrogens is 250 g/mol. The lowest BCUT2D eigenvalue weighted by molar-refractivity contribution is 0.292. The Morgan fingerprint density at radius 3 is 2.94 bits per heavy atom. The minimum absolute atomic E-state index is 0.152. The summed E-state index contributed by atoms with van der Waals surface area (Å²) in [6.07, 6.45) is 3.45. The van der Waals surface area contributed by atoms with E-state index in [1.54, 1.807) is 18.3 Å². The maximum absolute atomic E-state index is 12.4. The highest BCUT2D eigenvalue weighted by atomic mass is 32.2. The van der Waals surface area contributed by atoms with Crippen molar-refractivity contribution in [3.05, 3.63) is 23.9 Å². The number of sulfonamides is 1. The summed E-state index contributed by atoms with van der Waals surface area (Å²) in [6, 6.07) is 3.66. The summed E-state index contributed by atoms with van der Waals surface area (Å²) >= 11 is 0. The number of likely N-dealkylation sites (N-methyl/N-ethyl adjacent to an activating group) is 1. The van der Waals surface area contributed by atoms with Crippen molar-refractivity contribution in [1.29, 1.82) is 0 Å². The number of piperidine rings is 1. The quantitative estimate of drug-likeness (QED) is 0.880. The summed E-state index contributed by atoms with van der Waals surface area (Å²) < 4.78 is 26.4. The zero-order chi connectivity index (χ0) is 13.2. The average molecular weight is 269 g/mol. The Bertz CT molecular complexity index is 516. The van der Waals surface area contributed by atoms with Crippen LogP contribution in [-0.4, -0.2) is 43.9 Å². The van der Waals surface area contributed by atoms with E-state index in [0.717, 1.165) is 18.4 Å². The van der Waals surface area contributed by atoms with Crippen LogP contribution in [0.4, 0.5) is 0 Å². The van der Waals surface area contributed by atoms with Gasteiger partial charge in [-0.1, -0.05) is 0 Å². The molecule has 1 aromatic rings. The maximum Gasteiger partial charge on any atom is 0.260 e. The normalized spacial score (nSPS) is 22.0. The summed E-state index contributed by atoms with van der Waals surface area (Å²) in [6.45, 7) is 2.97. The summed E-state index contributed by atoms with van der Waals surface area (Å²) in [5, 5.41) is 3.29. The van der Waals surface area contributed by atoms with Crippen molar-refractivity contribution in [2.75, 3.05) is 20.1 Å². The van der Waals surface area contributed by atoms with Gasteiger partial charge in [-0.25, -0.2) is 13.4 Å². The van der Waals surface area contributed by atoms with E-state index in [9.17, 15) is 8.42 Å². The Balaban J connectivity index is 2.25. The summed E-state index contributed by atoms with van der Waals surface area (Å²) in [5.41, 5.74) is 0.908. The molecule has 100 valence electrons. The lowest BCUT2D eigenvalue weighted by atomic mass is 10.1. The highest BCUT2D eigenvalue weighted by Crippen LogP contribution is 2.19. The van der Waals surface area contributed by atoms with Gasteiger partial charge in [0.15, 0.2) is 5.03 Å². The minimum Gasteiger partial charge on any atom is -0.316 e. The van der Waals surface area contributed by atoms with Crippen molar-refractivity contribution in [3.63, 3.8) is 0 Å². The number of hydrogen-bond donors (Lipinski definition) is 1. The third-order valence-corrected chi connectivity index (χ3v) is 5.05. The predicted molar refractivity (Wildman–Crippen MR) is 69.8 cm³/mol. The van der Waals surface area contributed by atoms with Gasteiger partial charge in [-0.05, 0) is 44.5 Å². The van der Waals surface area contributed by atoms with Crippen LogP contribution >= 0.6 is 0 Å². The fourth-order valence-corrected chi connectivity index (χ4v) is 3.72. The van der Waals surface area contributed by atoms with Crippen LogP contribution in [0.5, 0.6) is 0 Å². The van der Waals surface area contributed by atoms with E-state index in [1.807, 2.05) is 14.0 Å². The van der Waals surface area contributed by atoms with Crippen LogP contribution < -0.4 is 5.32 Å². The lowest BCUT2D eigenvalue weighted by Crippen LogP contribution is -2.47. The van der Waals surface area contributed by atoms with Crippen molar-refractivity contribution in [1.82, 2.24) is 14.6 Å². The van der Waals surface area contributed by atoms with Crippen LogP contribution in [0, 0.1) is 6.92 Å². The number of hydrogen-bond acceptors (Lipinski definition) is 4. The molecule has 1 N–H and O–H groups in total. The van der Waals surface area contributed by atoms with Gasteiger partial charge in [0.1, 0.15) is 0 Å². The Morgan fingerprint density at radius 1 is 1.50 bits per heavy atom. The highest BCUT2D eigenvalue weighted by molar-refractivity contribution is 7.89. The molecule has 0 saturated carbocycles. The van der Waals surface area contributed by atoms with Gasteiger partial charge in [0.05, 0.1) is 0 Å². The Morgan fingerprint density at radius 2 is 2.28 bits per heavy atom. The van der Waals surface area contributed by atoms with Gasteiger partial charge in [0.2, 0.25) is 0 Å². The van der Waals surface area contributed by atoms with Crippen molar-refractivity contribution in [2.45, 2.75) is 30.8 Å². The molecule has 1 unspecified atom stereocenters. The minimum atomic E-state index is -3.45. The molecule has 0 radical (unpaired) electrons. The van der Waals surface area contributed by atoms with Crippen molar-refractivity contribution in [2.24, 2.45) is 0 Å². The third-order valence-electron chi connectivity index (χ3n) is 3.29. The van der Waals surface area contributed by atoms with E-state index in [2.05, 4.69) is 10.3 Å². The third kappa shape index (κ3) is 2.71. The lowest BCUT2D eigenvalue weighted by Gasteiger charge is -2.31. The van der Waals surface area contributed by atoms with Gasteiger partial charge in [-0.3, -0.25) is 0 Å². The molecule has 1 aliphatic rings. The molecule has 18 heavy (non-hydrogen) atoms. The maximum atomic E-state index is 12.4. The number of nitrogens with one attached hydrogen (secondary N) is 1. The molecule has 0 aromatic carbocycles. The number of aryl methyl sites for hydroxylation is 1. The number of nitrogens with zero attached hydrogens (tertiary/aromatic N) is 2. The average Bonchev–Trinajstić information content (AvgIpc) is 2.39. The molecule has 6 heteroatoms. The van der Waals surface area contributed by atoms with Gasteiger partial charge in [0.25, 0.3) is 10.0 Å². The van der Waals surface area contributed by atoms with E-state index in [-0.39, 0.29) is 11.1 Å². The van der Waals surface area contributed by atoms with Crippen molar-refractivity contribution >= 4 is 10.0 Å². The fraction of sp³-hybridized carbons (Fsp3) is 0.583. The molecule has 1 aliphatic heterocycles. The number of pyridine rings is 1. The molecule has 1 atom stereocenters. The molecular formula is C12H19N3O2S. The van der Waals surface area contributed by atoms with Crippen molar-refractivity contribution in [3.8, 4) is 0 Å². The first kappa shape index (κ1) is 13.5. The fourth-order valence-electron chi connectivity index (χ4n) is 2.18.